The highest BCUT2D eigenvalue weighted by Gasteiger charge is 2.33. The van der Waals surface area contributed by atoms with E-state index in [1.165, 1.54) is 6.92 Å². The number of aryl methyl sites for hydroxylation is 1. The summed E-state index contributed by atoms with van der Waals surface area (Å²) in [6, 6.07) is 4.89. The van der Waals surface area contributed by atoms with Crippen molar-refractivity contribution in [2.75, 3.05) is 22.3 Å². The molecule has 1 aromatic carbocycles. The van der Waals surface area contributed by atoms with Crippen LogP contribution in [0.25, 0.3) is 0 Å². The van der Waals surface area contributed by atoms with Crippen LogP contribution in [0.2, 0.25) is 0 Å². The number of carbonyl (C=O) groups excluding carboxylic acids is 3. The second-order valence-corrected chi connectivity index (χ2v) is 6.43. The molecule has 0 unspecified atom stereocenters. The first-order valence-electron chi connectivity index (χ1n) is 7.48. The van der Waals surface area contributed by atoms with Gasteiger partial charge in [-0.25, -0.2) is 0 Å². The highest BCUT2D eigenvalue weighted by molar-refractivity contribution is 7.99. The number of thioether (sulfide) groups is 1. The molecule has 3 amide bonds. The first kappa shape index (κ1) is 17.3. The number of benzene rings is 1. The maximum Gasteiger partial charge on any atom is 0.248 e. The minimum Gasteiger partial charge on any atom is -0.326 e. The molecule has 1 saturated heterocycles. The molecule has 1 atom stereocenters. The van der Waals surface area contributed by atoms with E-state index in [1.54, 1.807) is 35.7 Å². The molecule has 2 rings (SSSR count). The van der Waals surface area contributed by atoms with Crippen molar-refractivity contribution >= 4 is 40.9 Å². The predicted molar refractivity (Wildman–Crippen MR) is 92.4 cm³/mol. The predicted octanol–water partition coefficient (Wildman–Crippen LogP) is 2.20. The summed E-state index contributed by atoms with van der Waals surface area (Å²) in [6.07, 6.45) is 0.390. The lowest BCUT2D eigenvalue weighted by Gasteiger charge is -2.23. The van der Waals surface area contributed by atoms with Crippen LogP contribution in [-0.4, -0.2) is 40.3 Å². The lowest BCUT2D eigenvalue weighted by atomic mass is 10.1. The summed E-state index contributed by atoms with van der Waals surface area (Å²) in [5, 5.41) is 5.57. The Hall–Kier alpha value is -2.02. The molecule has 124 valence electrons. The molecular formula is C16H21N3O3S. The van der Waals surface area contributed by atoms with Gasteiger partial charge in [-0.2, -0.15) is 0 Å². The highest BCUT2D eigenvalue weighted by atomic mass is 32.2. The van der Waals surface area contributed by atoms with Gasteiger partial charge in [-0.05, 0) is 24.6 Å². The van der Waals surface area contributed by atoms with Gasteiger partial charge in [0.15, 0.2) is 0 Å². The lowest BCUT2D eigenvalue weighted by molar-refractivity contribution is -0.135. The summed E-state index contributed by atoms with van der Waals surface area (Å²) in [4.78, 5) is 37.2. The van der Waals surface area contributed by atoms with Crippen LogP contribution in [0.4, 0.5) is 11.4 Å². The van der Waals surface area contributed by atoms with Crippen molar-refractivity contribution in [2.45, 2.75) is 33.2 Å². The van der Waals surface area contributed by atoms with Crippen LogP contribution in [0, 0.1) is 6.92 Å². The average Bonchev–Trinajstić information content (AvgIpc) is 2.99. The van der Waals surface area contributed by atoms with E-state index in [-0.39, 0.29) is 17.7 Å². The van der Waals surface area contributed by atoms with Crippen molar-refractivity contribution in [3.8, 4) is 0 Å². The van der Waals surface area contributed by atoms with Crippen LogP contribution >= 0.6 is 11.8 Å². The zero-order valence-corrected chi connectivity index (χ0v) is 14.3. The molecule has 0 aliphatic carbocycles. The number of nitrogens with one attached hydrogen (secondary N) is 2. The van der Waals surface area contributed by atoms with Crippen molar-refractivity contribution in [3.05, 3.63) is 23.8 Å². The zero-order valence-electron chi connectivity index (χ0n) is 13.5. The number of carbonyl (C=O) groups is 3. The van der Waals surface area contributed by atoms with Gasteiger partial charge in [0.25, 0.3) is 0 Å². The molecule has 0 spiro atoms. The molecule has 1 aliphatic heterocycles. The molecule has 1 fully saturated rings. The molecule has 23 heavy (non-hydrogen) atoms. The molecule has 0 aromatic heterocycles. The van der Waals surface area contributed by atoms with E-state index in [2.05, 4.69) is 10.6 Å². The quantitative estimate of drug-likeness (QED) is 0.884. The summed E-state index contributed by atoms with van der Waals surface area (Å²) in [5.41, 5.74) is 2.16. The first-order valence-corrected chi connectivity index (χ1v) is 8.64. The fourth-order valence-corrected chi connectivity index (χ4v) is 3.54. The van der Waals surface area contributed by atoms with Crippen LogP contribution < -0.4 is 10.6 Å². The Balaban J connectivity index is 2.13. The van der Waals surface area contributed by atoms with Gasteiger partial charge in [0.2, 0.25) is 17.7 Å². The van der Waals surface area contributed by atoms with Gasteiger partial charge in [0.05, 0.1) is 5.88 Å². The lowest BCUT2D eigenvalue weighted by Crippen LogP contribution is -2.44. The molecule has 1 aromatic rings. The van der Waals surface area contributed by atoms with Crippen LogP contribution in [0.1, 0.15) is 25.8 Å². The number of rotatable bonds is 4. The summed E-state index contributed by atoms with van der Waals surface area (Å²) in [5.74, 6) is 0.773. The molecule has 2 N–H and O–H groups in total. The normalized spacial score (nSPS) is 17.0. The molecule has 0 radical (unpaired) electrons. The van der Waals surface area contributed by atoms with Crippen molar-refractivity contribution in [1.82, 2.24) is 4.90 Å². The molecular weight excluding hydrogens is 314 g/mol. The Morgan fingerprint density at radius 3 is 2.70 bits per heavy atom. The maximum atomic E-state index is 12.5. The van der Waals surface area contributed by atoms with Gasteiger partial charge >= 0.3 is 0 Å². The van der Waals surface area contributed by atoms with E-state index in [4.69, 9.17) is 0 Å². The number of anilines is 2. The van der Waals surface area contributed by atoms with Gasteiger partial charge in [0, 0.05) is 30.5 Å². The van der Waals surface area contributed by atoms with Crippen LogP contribution in [0.3, 0.4) is 0 Å². The minimum absolute atomic E-state index is 0.0149. The van der Waals surface area contributed by atoms with Crippen LogP contribution in [-0.2, 0) is 14.4 Å². The largest absolute Gasteiger partial charge is 0.326 e. The maximum absolute atomic E-state index is 12.5. The van der Waals surface area contributed by atoms with Gasteiger partial charge in [-0.3, -0.25) is 14.4 Å². The number of hydrogen-bond acceptors (Lipinski definition) is 4. The summed E-state index contributed by atoms with van der Waals surface area (Å²) in [7, 11) is 0. The summed E-state index contributed by atoms with van der Waals surface area (Å²) in [6.45, 7) is 5.11. The van der Waals surface area contributed by atoms with Crippen molar-refractivity contribution in [2.24, 2.45) is 0 Å². The zero-order chi connectivity index (χ0) is 17.0. The first-order chi connectivity index (χ1) is 10.9. The fraction of sp³-hybridized carbons (Fsp3) is 0.438. The third kappa shape index (κ3) is 4.25. The SMILES string of the molecule is CCC(=O)N1CSC[C@@H]1C(=O)Nc1cc(NC(C)=O)ccc1C. The van der Waals surface area contributed by atoms with E-state index in [0.717, 1.165) is 5.56 Å². The van der Waals surface area contributed by atoms with Crippen LogP contribution in [0.5, 0.6) is 0 Å². The Kier molecular flexibility index (Phi) is 5.65. The van der Waals surface area contributed by atoms with Gasteiger partial charge in [-0.1, -0.05) is 13.0 Å². The van der Waals surface area contributed by atoms with Crippen molar-refractivity contribution in [3.63, 3.8) is 0 Å². The van der Waals surface area contributed by atoms with Gasteiger partial charge in [0.1, 0.15) is 6.04 Å². The Bertz CT molecular complexity index is 633. The third-order valence-corrected chi connectivity index (χ3v) is 4.64. The van der Waals surface area contributed by atoms with E-state index in [1.807, 2.05) is 13.0 Å². The molecule has 7 heteroatoms. The molecule has 1 aliphatic rings. The molecule has 1 heterocycles. The third-order valence-electron chi connectivity index (χ3n) is 3.62. The van der Waals surface area contributed by atoms with E-state index >= 15 is 0 Å². The second kappa shape index (κ2) is 7.50. The van der Waals surface area contributed by atoms with E-state index in [9.17, 15) is 14.4 Å². The van der Waals surface area contributed by atoms with Gasteiger partial charge < -0.3 is 15.5 Å². The molecule has 6 nitrogen and oxygen atoms in total. The topological polar surface area (TPSA) is 78.5 Å². The van der Waals surface area contributed by atoms with E-state index < -0.39 is 6.04 Å². The monoisotopic (exact) mass is 335 g/mol. The smallest absolute Gasteiger partial charge is 0.248 e. The Morgan fingerprint density at radius 1 is 1.30 bits per heavy atom. The Morgan fingerprint density at radius 2 is 2.04 bits per heavy atom. The van der Waals surface area contributed by atoms with Crippen molar-refractivity contribution in [1.29, 1.82) is 0 Å². The number of nitrogens with zero attached hydrogens (tertiary/aromatic N) is 1. The summed E-state index contributed by atoms with van der Waals surface area (Å²) < 4.78 is 0. The standard InChI is InChI=1S/C16H21N3O3S/c1-4-15(21)19-9-23-8-14(19)16(22)18-13-7-12(17-11(3)20)6-5-10(13)2/h5-7,14H,4,8-9H2,1-3H3,(H,17,20)(H,18,22)/t14-/m1/s1. The highest BCUT2D eigenvalue weighted by Crippen LogP contribution is 2.25. The second-order valence-electron chi connectivity index (χ2n) is 5.43. The Labute approximate surface area is 140 Å². The van der Waals surface area contributed by atoms with E-state index in [0.29, 0.717) is 29.4 Å². The molecule has 0 bridgehead atoms. The van der Waals surface area contributed by atoms with Gasteiger partial charge in [-0.15, -0.1) is 11.8 Å². The fourth-order valence-electron chi connectivity index (χ4n) is 2.36. The van der Waals surface area contributed by atoms with Crippen molar-refractivity contribution < 1.29 is 14.4 Å². The molecule has 0 saturated carbocycles. The number of amides is 3. The minimum atomic E-state index is -0.448. The average molecular weight is 335 g/mol. The summed E-state index contributed by atoms with van der Waals surface area (Å²) >= 11 is 1.58. The van der Waals surface area contributed by atoms with Crippen LogP contribution in [0.15, 0.2) is 18.2 Å². The number of hydrogen-bond donors (Lipinski definition) is 2.